The molecule has 0 radical (unpaired) electrons. The first kappa shape index (κ1) is 17.5. The van der Waals surface area contributed by atoms with Gasteiger partial charge in [-0.05, 0) is 37.5 Å². The van der Waals surface area contributed by atoms with Gasteiger partial charge in [0.15, 0.2) is 0 Å². The molecule has 1 N–H and O–H groups in total. The second-order valence-corrected chi connectivity index (χ2v) is 5.50. The highest BCUT2D eigenvalue weighted by Gasteiger charge is 2.21. The molecule has 0 aliphatic heterocycles. The largest absolute Gasteiger partial charge is 0.334 e. The molecule has 0 aliphatic rings. The zero-order chi connectivity index (χ0) is 15.8. The van der Waals surface area contributed by atoms with Gasteiger partial charge in [-0.2, -0.15) is 0 Å². The van der Waals surface area contributed by atoms with Crippen LogP contribution in [-0.2, 0) is 9.59 Å². The standard InChI is InChI=1S/C16H23ClN2O2/c1-4-6-10-19(9-5-2)16(21)15(20)18-14-11-13(17)8-7-12(14)3/h7-8,11H,4-6,9-10H2,1-3H3,(H,18,20). The predicted octanol–water partition coefficient (Wildman–Crippen LogP) is 3.63. The van der Waals surface area contributed by atoms with E-state index in [4.69, 9.17) is 11.6 Å². The van der Waals surface area contributed by atoms with E-state index in [2.05, 4.69) is 12.2 Å². The quantitative estimate of drug-likeness (QED) is 0.816. The van der Waals surface area contributed by atoms with Gasteiger partial charge in [-0.1, -0.05) is 37.9 Å². The molecule has 1 rings (SSSR count). The Morgan fingerprint density at radius 2 is 1.90 bits per heavy atom. The molecule has 0 unspecified atom stereocenters. The second kappa shape index (κ2) is 8.67. The summed E-state index contributed by atoms with van der Waals surface area (Å²) in [5.41, 5.74) is 1.45. The minimum absolute atomic E-state index is 0.482. The summed E-state index contributed by atoms with van der Waals surface area (Å²) >= 11 is 5.91. The first-order valence-corrected chi connectivity index (χ1v) is 7.73. The number of hydrogen-bond donors (Lipinski definition) is 1. The van der Waals surface area contributed by atoms with Crippen molar-refractivity contribution in [3.63, 3.8) is 0 Å². The Kier molecular flexibility index (Phi) is 7.23. The highest BCUT2D eigenvalue weighted by molar-refractivity contribution is 6.39. The minimum atomic E-state index is -0.607. The summed E-state index contributed by atoms with van der Waals surface area (Å²) in [6.07, 6.45) is 2.72. The predicted molar refractivity (Wildman–Crippen MR) is 86.6 cm³/mol. The molecule has 1 aromatic carbocycles. The van der Waals surface area contributed by atoms with Crippen molar-refractivity contribution in [1.29, 1.82) is 0 Å². The molecule has 116 valence electrons. The second-order valence-electron chi connectivity index (χ2n) is 5.06. The van der Waals surface area contributed by atoms with Gasteiger partial charge in [-0.15, -0.1) is 0 Å². The molecule has 0 atom stereocenters. The summed E-state index contributed by atoms with van der Waals surface area (Å²) in [6, 6.07) is 5.21. The molecule has 0 saturated heterocycles. The number of hydrogen-bond acceptors (Lipinski definition) is 2. The molecule has 2 amide bonds. The average Bonchev–Trinajstić information content (AvgIpc) is 2.46. The summed E-state index contributed by atoms with van der Waals surface area (Å²) in [7, 11) is 0. The van der Waals surface area contributed by atoms with Crippen LogP contribution in [0.25, 0.3) is 0 Å². The van der Waals surface area contributed by atoms with E-state index in [0.717, 1.165) is 24.8 Å². The summed E-state index contributed by atoms with van der Waals surface area (Å²) < 4.78 is 0. The van der Waals surface area contributed by atoms with Crippen LogP contribution in [0.1, 0.15) is 38.7 Å². The Labute approximate surface area is 131 Å². The Morgan fingerprint density at radius 3 is 2.52 bits per heavy atom. The van der Waals surface area contributed by atoms with Crippen LogP contribution in [0.15, 0.2) is 18.2 Å². The summed E-state index contributed by atoms with van der Waals surface area (Å²) in [6.45, 7) is 7.12. The number of carbonyl (C=O) groups is 2. The highest BCUT2D eigenvalue weighted by atomic mass is 35.5. The number of nitrogens with one attached hydrogen (secondary N) is 1. The van der Waals surface area contributed by atoms with Gasteiger partial charge in [0, 0.05) is 23.8 Å². The molecule has 5 heteroatoms. The van der Waals surface area contributed by atoms with Crippen molar-refractivity contribution in [3.8, 4) is 0 Å². The van der Waals surface area contributed by atoms with E-state index in [1.807, 2.05) is 19.9 Å². The van der Waals surface area contributed by atoms with Crippen molar-refractivity contribution in [2.24, 2.45) is 0 Å². The molecule has 4 nitrogen and oxygen atoms in total. The number of halogens is 1. The molecular weight excluding hydrogens is 288 g/mol. The topological polar surface area (TPSA) is 49.4 Å². The van der Waals surface area contributed by atoms with E-state index in [1.165, 1.54) is 0 Å². The van der Waals surface area contributed by atoms with Gasteiger partial charge in [0.1, 0.15) is 0 Å². The van der Waals surface area contributed by atoms with Crippen LogP contribution < -0.4 is 5.32 Å². The average molecular weight is 311 g/mol. The number of amides is 2. The van der Waals surface area contributed by atoms with Gasteiger partial charge in [-0.3, -0.25) is 9.59 Å². The molecule has 0 aliphatic carbocycles. The number of nitrogens with zero attached hydrogens (tertiary/aromatic N) is 1. The fourth-order valence-electron chi connectivity index (χ4n) is 1.98. The van der Waals surface area contributed by atoms with Crippen LogP contribution in [0, 0.1) is 6.92 Å². The maximum atomic E-state index is 12.2. The minimum Gasteiger partial charge on any atom is -0.334 e. The van der Waals surface area contributed by atoms with Crippen LogP contribution in [0.5, 0.6) is 0 Å². The van der Waals surface area contributed by atoms with Gasteiger partial charge in [0.25, 0.3) is 0 Å². The molecule has 1 aromatic rings. The van der Waals surface area contributed by atoms with E-state index < -0.39 is 11.8 Å². The lowest BCUT2D eigenvalue weighted by Gasteiger charge is -2.21. The van der Waals surface area contributed by atoms with Crippen LogP contribution in [0.3, 0.4) is 0 Å². The van der Waals surface area contributed by atoms with E-state index in [-0.39, 0.29) is 0 Å². The highest BCUT2D eigenvalue weighted by Crippen LogP contribution is 2.20. The molecule has 0 saturated carbocycles. The Balaban J connectivity index is 2.76. The molecule has 21 heavy (non-hydrogen) atoms. The van der Waals surface area contributed by atoms with Crippen molar-refractivity contribution in [3.05, 3.63) is 28.8 Å². The number of anilines is 1. The molecule has 0 fully saturated rings. The molecule has 0 bridgehead atoms. The smallest absolute Gasteiger partial charge is 0.313 e. The third kappa shape index (κ3) is 5.38. The maximum absolute atomic E-state index is 12.2. The first-order valence-electron chi connectivity index (χ1n) is 7.36. The maximum Gasteiger partial charge on any atom is 0.313 e. The number of rotatable bonds is 6. The lowest BCUT2D eigenvalue weighted by atomic mass is 10.2. The van der Waals surface area contributed by atoms with Gasteiger partial charge in [0.05, 0.1) is 0 Å². The Hall–Kier alpha value is -1.55. The fraction of sp³-hybridized carbons (Fsp3) is 0.500. The van der Waals surface area contributed by atoms with E-state index >= 15 is 0 Å². The lowest BCUT2D eigenvalue weighted by molar-refractivity contribution is -0.143. The Morgan fingerprint density at radius 1 is 1.19 bits per heavy atom. The van der Waals surface area contributed by atoms with Gasteiger partial charge in [0.2, 0.25) is 0 Å². The number of benzene rings is 1. The SMILES string of the molecule is CCCCN(CCC)C(=O)C(=O)Nc1cc(Cl)ccc1C. The van der Waals surface area contributed by atoms with E-state index in [9.17, 15) is 9.59 Å². The van der Waals surface area contributed by atoms with Crippen molar-refractivity contribution in [2.75, 3.05) is 18.4 Å². The van der Waals surface area contributed by atoms with Crippen LogP contribution in [0.2, 0.25) is 5.02 Å². The fourth-order valence-corrected chi connectivity index (χ4v) is 2.15. The third-order valence-electron chi connectivity index (χ3n) is 3.20. The molecule has 0 spiro atoms. The molecule has 0 aromatic heterocycles. The number of carbonyl (C=O) groups excluding carboxylic acids is 2. The van der Waals surface area contributed by atoms with Crippen molar-refractivity contribution in [2.45, 2.75) is 40.0 Å². The summed E-state index contributed by atoms with van der Waals surface area (Å²) in [5, 5.41) is 3.18. The van der Waals surface area contributed by atoms with Crippen LogP contribution >= 0.6 is 11.6 Å². The number of aryl methyl sites for hydroxylation is 1. The van der Waals surface area contributed by atoms with Crippen LogP contribution in [0.4, 0.5) is 5.69 Å². The number of unbranched alkanes of at least 4 members (excludes halogenated alkanes) is 1. The van der Waals surface area contributed by atoms with Gasteiger partial charge >= 0.3 is 11.8 Å². The van der Waals surface area contributed by atoms with Gasteiger partial charge < -0.3 is 10.2 Å². The zero-order valence-corrected chi connectivity index (χ0v) is 13.7. The van der Waals surface area contributed by atoms with Crippen molar-refractivity contribution >= 4 is 29.1 Å². The van der Waals surface area contributed by atoms with Crippen LogP contribution in [-0.4, -0.2) is 29.8 Å². The van der Waals surface area contributed by atoms with E-state index in [0.29, 0.717) is 23.8 Å². The third-order valence-corrected chi connectivity index (χ3v) is 3.44. The first-order chi connectivity index (χ1) is 9.99. The van der Waals surface area contributed by atoms with Crippen molar-refractivity contribution in [1.82, 2.24) is 4.90 Å². The van der Waals surface area contributed by atoms with Gasteiger partial charge in [-0.25, -0.2) is 0 Å². The summed E-state index contributed by atoms with van der Waals surface area (Å²) in [5.74, 6) is -1.09. The lowest BCUT2D eigenvalue weighted by Crippen LogP contribution is -2.40. The van der Waals surface area contributed by atoms with Crippen molar-refractivity contribution < 1.29 is 9.59 Å². The monoisotopic (exact) mass is 310 g/mol. The zero-order valence-electron chi connectivity index (χ0n) is 12.9. The summed E-state index contributed by atoms with van der Waals surface area (Å²) in [4.78, 5) is 25.9. The van der Waals surface area contributed by atoms with E-state index in [1.54, 1.807) is 17.0 Å². The molecule has 0 heterocycles. The Bertz CT molecular complexity index is 503. The normalized spacial score (nSPS) is 10.3. The molecular formula is C16H23ClN2O2.